The van der Waals surface area contributed by atoms with Crippen molar-refractivity contribution >= 4 is 34.2 Å². The molecular formula is C18H18FNO5S. The van der Waals surface area contributed by atoms with E-state index in [1.54, 1.807) is 13.0 Å². The summed E-state index contributed by atoms with van der Waals surface area (Å²) in [6.07, 6.45) is -0.273. The number of amides is 1. The lowest BCUT2D eigenvalue weighted by atomic mass is 10.1. The van der Waals surface area contributed by atoms with E-state index in [1.807, 2.05) is 6.92 Å². The number of anilines is 1. The van der Waals surface area contributed by atoms with Crippen molar-refractivity contribution in [2.45, 2.75) is 20.3 Å². The molecule has 2 aromatic rings. The van der Waals surface area contributed by atoms with Crippen molar-refractivity contribution in [3.05, 3.63) is 51.7 Å². The van der Waals surface area contributed by atoms with Crippen molar-refractivity contribution in [1.82, 2.24) is 0 Å². The highest BCUT2D eigenvalue weighted by atomic mass is 32.1. The highest BCUT2D eigenvalue weighted by molar-refractivity contribution is 7.16. The second-order valence-electron chi connectivity index (χ2n) is 5.46. The maximum absolute atomic E-state index is 13.5. The Kier molecular flexibility index (Phi) is 6.46. The molecule has 1 N–H and O–H groups in total. The number of nitrogens with one attached hydrogen (secondary N) is 1. The van der Waals surface area contributed by atoms with E-state index in [2.05, 4.69) is 5.32 Å². The Bertz CT molecular complexity index is 846. The molecule has 1 amide bonds. The maximum atomic E-state index is 13.5. The van der Waals surface area contributed by atoms with Crippen molar-refractivity contribution in [3.8, 4) is 0 Å². The third kappa shape index (κ3) is 4.66. The van der Waals surface area contributed by atoms with Crippen molar-refractivity contribution in [2.24, 2.45) is 0 Å². The van der Waals surface area contributed by atoms with Gasteiger partial charge in [0.15, 0.2) is 6.61 Å². The van der Waals surface area contributed by atoms with Gasteiger partial charge in [0.1, 0.15) is 10.8 Å². The number of benzene rings is 1. The number of aryl methyl sites for hydroxylation is 1. The summed E-state index contributed by atoms with van der Waals surface area (Å²) in [5.41, 5.74) is 1.19. The average molecular weight is 379 g/mol. The molecule has 138 valence electrons. The third-order valence-corrected chi connectivity index (χ3v) is 4.81. The van der Waals surface area contributed by atoms with E-state index < -0.39 is 30.3 Å². The van der Waals surface area contributed by atoms with Gasteiger partial charge in [-0.25, -0.2) is 9.18 Å². The molecular weight excluding hydrogens is 361 g/mol. The van der Waals surface area contributed by atoms with Gasteiger partial charge in [0.05, 0.1) is 19.1 Å². The van der Waals surface area contributed by atoms with E-state index in [1.165, 1.54) is 36.6 Å². The molecule has 0 aliphatic rings. The zero-order chi connectivity index (χ0) is 19.3. The molecule has 0 fully saturated rings. The summed E-state index contributed by atoms with van der Waals surface area (Å²) in [7, 11) is 1.25. The van der Waals surface area contributed by atoms with Crippen LogP contribution in [0.15, 0.2) is 24.3 Å². The van der Waals surface area contributed by atoms with Crippen LogP contribution >= 0.6 is 11.3 Å². The van der Waals surface area contributed by atoms with Crippen LogP contribution in [0.25, 0.3) is 0 Å². The molecule has 0 radical (unpaired) electrons. The Morgan fingerprint density at radius 3 is 2.54 bits per heavy atom. The van der Waals surface area contributed by atoms with Crippen molar-refractivity contribution in [3.63, 3.8) is 0 Å². The molecule has 6 nitrogen and oxygen atoms in total. The lowest BCUT2D eigenvalue weighted by Crippen LogP contribution is -2.22. The molecule has 1 heterocycles. The fourth-order valence-electron chi connectivity index (χ4n) is 2.22. The minimum atomic E-state index is -0.725. The minimum absolute atomic E-state index is 0.190. The molecule has 0 aliphatic heterocycles. The summed E-state index contributed by atoms with van der Waals surface area (Å²) in [5.74, 6) is -2.39. The Balaban J connectivity index is 1.95. The second kappa shape index (κ2) is 8.57. The van der Waals surface area contributed by atoms with Gasteiger partial charge in [0.25, 0.3) is 5.91 Å². The van der Waals surface area contributed by atoms with Crippen LogP contribution in [0.5, 0.6) is 0 Å². The Hall–Kier alpha value is -2.74. The number of rotatable bonds is 6. The number of hydrogen-bond acceptors (Lipinski definition) is 6. The molecule has 0 saturated carbocycles. The lowest BCUT2D eigenvalue weighted by Gasteiger charge is -2.07. The number of hydrogen-bond donors (Lipinski definition) is 1. The van der Waals surface area contributed by atoms with E-state index in [0.29, 0.717) is 10.6 Å². The summed E-state index contributed by atoms with van der Waals surface area (Å²) in [5, 5.41) is 2.88. The van der Waals surface area contributed by atoms with Crippen LogP contribution in [0.2, 0.25) is 0 Å². The largest absolute Gasteiger partial charge is 0.465 e. The molecule has 0 spiro atoms. The number of carbonyl (C=O) groups is 3. The number of thiophene rings is 1. The third-order valence-electron chi connectivity index (χ3n) is 3.68. The quantitative estimate of drug-likeness (QED) is 0.781. The Morgan fingerprint density at radius 2 is 1.88 bits per heavy atom. The molecule has 0 atom stereocenters. The maximum Gasteiger partial charge on any atom is 0.341 e. The van der Waals surface area contributed by atoms with Crippen LogP contribution in [0, 0.1) is 19.7 Å². The fourth-order valence-corrected chi connectivity index (χ4v) is 3.28. The number of ether oxygens (including phenoxy) is 2. The van der Waals surface area contributed by atoms with Gasteiger partial charge in [-0.3, -0.25) is 9.59 Å². The highest BCUT2D eigenvalue weighted by Crippen LogP contribution is 2.32. The van der Waals surface area contributed by atoms with E-state index >= 15 is 0 Å². The zero-order valence-corrected chi connectivity index (χ0v) is 15.4. The van der Waals surface area contributed by atoms with Crippen LogP contribution < -0.4 is 5.32 Å². The summed E-state index contributed by atoms with van der Waals surface area (Å²) < 4.78 is 23.1. The van der Waals surface area contributed by atoms with E-state index in [-0.39, 0.29) is 17.5 Å². The Morgan fingerprint density at radius 1 is 1.19 bits per heavy atom. The average Bonchev–Trinajstić information content (AvgIpc) is 2.88. The van der Waals surface area contributed by atoms with E-state index in [0.717, 1.165) is 4.88 Å². The van der Waals surface area contributed by atoms with Gasteiger partial charge in [-0.05, 0) is 31.0 Å². The number of carbonyl (C=O) groups excluding carboxylic acids is 3. The topological polar surface area (TPSA) is 81.7 Å². The fraction of sp³-hybridized carbons (Fsp3) is 0.278. The van der Waals surface area contributed by atoms with Crippen LogP contribution in [0.4, 0.5) is 9.39 Å². The second-order valence-corrected chi connectivity index (χ2v) is 6.68. The standard InChI is InChI=1S/C18H18FNO5S/c1-10-11(2)26-17(16(10)18(23)24-3)20-14(21)9-25-15(22)8-12-6-4-5-7-13(12)19/h4-7H,8-9H2,1-3H3,(H,20,21). The first-order valence-corrected chi connectivity index (χ1v) is 8.52. The van der Waals surface area contributed by atoms with Crippen LogP contribution in [-0.2, 0) is 25.5 Å². The Labute approximate surface area is 153 Å². The molecule has 26 heavy (non-hydrogen) atoms. The first-order chi connectivity index (χ1) is 12.3. The van der Waals surface area contributed by atoms with Gasteiger partial charge in [-0.15, -0.1) is 11.3 Å². The first-order valence-electron chi connectivity index (χ1n) is 7.70. The molecule has 1 aromatic carbocycles. The van der Waals surface area contributed by atoms with Gasteiger partial charge in [0, 0.05) is 4.88 Å². The minimum Gasteiger partial charge on any atom is -0.465 e. The monoisotopic (exact) mass is 379 g/mol. The SMILES string of the molecule is COC(=O)c1c(NC(=O)COC(=O)Cc2ccccc2F)sc(C)c1C. The first kappa shape index (κ1) is 19.6. The van der Waals surface area contributed by atoms with E-state index in [9.17, 15) is 18.8 Å². The molecule has 1 aromatic heterocycles. The predicted octanol–water partition coefficient (Wildman–Crippen LogP) is 3.02. The number of esters is 2. The molecule has 0 unspecified atom stereocenters. The van der Waals surface area contributed by atoms with Crippen molar-refractivity contribution in [1.29, 1.82) is 0 Å². The summed E-state index contributed by atoms with van der Waals surface area (Å²) >= 11 is 1.23. The van der Waals surface area contributed by atoms with Crippen LogP contribution in [-0.4, -0.2) is 31.6 Å². The van der Waals surface area contributed by atoms with Crippen LogP contribution in [0.3, 0.4) is 0 Å². The molecule has 2 rings (SSSR count). The molecule has 0 bridgehead atoms. The highest BCUT2D eigenvalue weighted by Gasteiger charge is 2.22. The summed E-state index contributed by atoms with van der Waals surface area (Å²) in [6.45, 7) is 3.03. The van der Waals surface area contributed by atoms with Gasteiger partial charge in [-0.1, -0.05) is 18.2 Å². The normalized spacial score (nSPS) is 10.3. The van der Waals surface area contributed by atoms with Crippen molar-refractivity contribution < 1.29 is 28.2 Å². The molecule has 0 aliphatic carbocycles. The summed E-state index contributed by atoms with van der Waals surface area (Å²) in [4.78, 5) is 36.5. The summed E-state index contributed by atoms with van der Waals surface area (Å²) in [6, 6.07) is 5.83. The van der Waals surface area contributed by atoms with Gasteiger partial charge >= 0.3 is 11.9 Å². The van der Waals surface area contributed by atoms with Gasteiger partial charge in [0.2, 0.25) is 0 Å². The van der Waals surface area contributed by atoms with Gasteiger partial charge < -0.3 is 14.8 Å². The smallest absolute Gasteiger partial charge is 0.341 e. The number of halogens is 1. The number of methoxy groups -OCH3 is 1. The molecule has 0 saturated heterocycles. The van der Waals surface area contributed by atoms with E-state index in [4.69, 9.17) is 9.47 Å². The predicted molar refractivity (Wildman–Crippen MR) is 94.8 cm³/mol. The van der Waals surface area contributed by atoms with Gasteiger partial charge in [-0.2, -0.15) is 0 Å². The lowest BCUT2D eigenvalue weighted by molar-refractivity contribution is -0.146. The van der Waals surface area contributed by atoms with Crippen molar-refractivity contribution in [2.75, 3.05) is 19.0 Å². The van der Waals surface area contributed by atoms with Crippen LogP contribution in [0.1, 0.15) is 26.4 Å². The molecule has 8 heteroatoms. The zero-order valence-electron chi connectivity index (χ0n) is 14.6.